The fraction of sp³-hybridized carbons (Fsp3) is 0.500. The number of aromatic nitrogens is 2. The molecule has 0 aromatic carbocycles. The zero-order chi connectivity index (χ0) is 15.4. The summed E-state index contributed by atoms with van der Waals surface area (Å²) in [4.78, 5) is 19.0. The average Bonchev–Trinajstić information content (AvgIpc) is 2.90. The van der Waals surface area contributed by atoms with Crippen LogP contribution in [-0.4, -0.2) is 59.8 Å². The topological polar surface area (TPSA) is 59.4 Å². The van der Waals surface area contributed by atoms with Gasteiger partial charge in [0.1, 0.15) is 5.65 Å². The number of amides is 1. The smallest absolute Gasteiger partial charge is 0.253 e. The maximum atomic E-state index is 12.3. The first-order valence-corrected chi connectivity index (χ1v) is 7.74. The van der Waals surface area contributed by atoms with Crippen molar-refractivity contribution in [2.75, 3.05) is 39.4 Å². The largest absolute Gasteiger partial charge is 0.379 e. The quantitative estimate of drug-likeness (QED) is 0.838. The summed E-state index contributed by atoms with van der Waals surface area (Å²) in [6.45, 7) is 5.30. The minimum absolute atomic E-state index is 0.0272. The predicted molar refractivity (Wildman–Crippen MR) is 84.9 cm³/mol. The molecule has 0 bridgehead atoms. The molecule has 1 aliphatic rings. The van der Waals surface area contributed by atoms with Crippen molar-refractivity contribution in [3.8, 4) is 0 Å². The summed E-state index contributed by atoms with van der Waals surface area (Å²) in [6.07, 6.45) is 4.54. The van der Waals surface area contributed by atoms with Gasteiger partial charge in [-0.1, -0.05) is 0 Å². The fourth-order valence-corrected chi connectivity index (χ4v) is 2.82. The lowest BCUT2D eigenvalue weighted by Gasteiger charge is -2.26. The predicted octanol–water partition coefficient (Wildman–Crippen LogP) is 1.03. The zero-order valence-electron chi connectivity index (χ0n) is 12.9. The minimum Gasteiger partial charge on any atom is -0.379 e. The van der Waals surface area contributed by atoms with E-state index in [1.165, 1.54) is 0 Å². The number of hydrogen-bond acceptors (Lipinski definition) is 4. The highest BCUT2D eigenvalue weighted by Crippen LogP contribution is 2.17. The second-order valence-electron chi connectivity index (χ2n) is 5.59. The number of pyridine rings is 1. The van der Waals surface area contributed by atoms with Crippen molar-refractivity contribution in [3.05, 3.63) is 30.1 Å². The highest BCUT2D eigenvalue weighted by Gasteiger charge is 2.14. The van der Waals surface area contributed by atoms with Crippen molar-refractivity contribution >= 4 is 16.9 Å². The van der Waals surface area contributed by atoms with Gasteiger partial charge in [-0.05, 0) is 25.1 Å². The van der Waals surface area contributed by atoms with Gasteiger partial charge in [0.25, 0.3) is 5.91 Å². The summed E-state index contributed by atoms with van der Waals surface area (Å²) >= 11 is 0. The van der Waals surface area contributed by atoms with E-state index in [4.69, 9.17) is 4.74 Å². The summed E-state index contributed by atoms with van der Waals surface area (Å²) in [6, 6.07) is 3.79. The van der Waals surface area contributed by atoms with Gasteiger partial charge in [0.05, 0.1) is 18.8 Å². The summed E-state index contributed by atoms with van der Waals surface area (Å²) < 4.78 is 7.21. The standard InChI is InChI=1S/C16H22N4O2/c1-19-12-14(13-4-2-5-17-15(13)19)16(21)18-6-3-7-20-8-10-22-11-9-20/h2,4-5,12H,3,6-11H2,1H3,(H,18,21). The van der Waals surface area contributed by atoms with E-state index in [2.05, 4.69) is 15.2 Å². The Balaban J connectivity index is 1.53. The number of nitrogens with zero attached hydrogens (tertiary/aromatic N) is 3. The van der Waals surface area contributed by atoms with Crippen LogP contribution in [0.1, 0.15) is 16.8 Å². The van der Waals surface area contributed by atoms with E-state index in [9.17, 15) is 4.79 Å². The molecule has 0 saturated carbocycles. The van der Waals surface area contributed by atoms with Crippen molar-refractivity contribution in [1.29, 1.82) is 0 Å². The Labute approximate surface area is 130 Å². The van der Waals surface area contributed by atoms with Gasteiger partial charge in [0, 0.05) is 44.5 Å². The van der Waals surface area contributed by atoms with Gasteiger partial charge in [-0.3, -0.25) is 9.69 Å². The lowest BCUT2D eigenvalue weighted by molar-refractivity contribution is 0.0374. The molecule has 0 unspecified atom stereocenters. The van der Waals surface area contributed by atoms with E-state index < -0.39 is 0 Å². The molecule has 0 atom stereocenters. The number of rotatable bonds is 5. The Morgan fingerprint density at radius 3 is 3.05 bits per heavy atom. The van der Waals surface area contributed by atoms with E-state index in [-0.39, 0.29) is 5.91 Å². The molecule has 3 rings (SSSR count). The number of fused-ring (bicyclic) bond motifs is 1. The molecule has 118 valence electrons. The van der Waals surface area contributed by atoms with Crippen LogP contribution in [0.3, 0.4) is 0 Å². The van der Waals surface area contributed by atoms with E-state index in [1.54, 1.807) is 6.20 Å². The lowest BCUT2D eigenvalue weighted by atomic mass is 10.2. The van der Waals surface area contributed by atoms with Crippen LogP contribution < -0.4 is 5.32 Å². The molecule has 22 heavy (non-hydrogen) atoms. The van der Waals surface area contributed by atoms with Crippen molar-refractivity contribution in [2.45, 2.75) is 6.42 Å². The maximum Gasteiger partial charge on any atom is 0.253 e. The Bertz CT molecular complexity index is 647. The number of hydrogen-bond donors (Lipinski definition) is 1. The number of aryl methyl sites for hydroxylation is 1. The molecular formula is C16H22N4O2. The molecule has 2 aromatic heterocycles. The number of carbonyl (C=O) groups is 1. The number of ether oxygens (including phenoxy) is 1. The molecule has 1 aliphatic heterocycles. The van der Waals surface area contributed by atoms with Gasteiger partial charge in [-0.15, -0.1) is 0 Å². The normalized spacial score (nSPS) is 16.0. The van der Waals surface area contributed by atoms with Crippen molar-refractivity contribution in [3.63, 3.8) is 0 Å². The van der Waals surface area contributed by atoms with Gasteiger partial charge in [0.2, 0.25) is 0 Å². The van der Waals surface area contributed by atoms with E-state index in [0.717, 1.165) is 50.3 Å². The summed E-state index contributed by atoms with van der Waals surface area (Å²) in [5.74, 6) is -0.0272. The molecule has 0 spiro atoms. The SMILES string of the molecule is Cn1cc(C(=O)NCCCN2CCOCC2)c2cccnc21. The maximum absolute atomic E-state index is 12.3. The van der Waals surface area contributed by atoms with Crippen molar-refractivity contribution in [2.24, 2.45) is 7.05 Å². The Morgan fingerprint density at radius 2 is 2.23 bits per heavy atom. The van der Waals surface area contributed by atoms with E-state index in [0.29, 0.717) is 12.1 Å². The molecule has 2 aromatic rings. The van der Waals surface area contributed by atoms with Gasteiger partial charge in [-0.2, -0.15) is 0 Å². The van der Waals surface area contributed by atoms with Crippen LogP contribution in [-0.2, 0) is 11.8 Å². The number of morpholine rings is 1. The van der Waals surface area contributed by atoms with Gasteiger partial charge >= 0.3 is 0 Å². The number of nitrogens with one attached hydrogen (secondary N) is 1. The number of carbonyl (C=O) groups excluding carboxylic acids is 1. The molecule has 3 heterocycles. The molecule has 6 heteroatoms. The van der Waals surface area contributed by atoms with Gasteiger partial charge < -0.3 is 14.6 Å². The Hall–Kier alpha value is -1.92. The highest BCUT2D eigenvalue weighted by molar-refractivity contribution is 6.06. The first-order chi connectivity index (χ1) is 10.8. The second-order valence-corrected chi connectivity index (χ2v) is 5.59. The Kier molecular flexibility index (Phi) is 4.70. The third kappa shape index (κ3) is 3.28. The molecule has 0 aliphatic carbocycles. The van der Waals surface area contributed by atoms with Crippen LogP contribution in [0.5, 0.6) is 0 Å². The third-order valence-electron chi connectivity index (χ3n) is 4.02. The van der Waals surface area contributed by atoms with Crippen LogP contribution in [0.15, 0.2) is 24.5 Å². The fourth-order valence-electron chi connectivity index (χ4n) is 2.82. The van der Waals surface area contributed by atoms with Crippen molar-refractivity contribution < 1.29 is 9.53 Å². The van der Waals surface area contributed by atoms with Crippen LogP contribution >= 0.6 is 0 Å². The van der Waals surface area contributed by atoms with E-state index >= 15 is 0 Å². The summed E-state index contributed by atoms with van der Waals surface area (Å²) in [5, 5.41) is 3.90. The first-order valence-electron chi connectivity index (χ1n) is 7.74. The minimum atomic E-state index is -0.0272. The summed E-state index contributed by atoms with van der Waals surface area (Å²) in [5.41, 5.74) is 1.53. The van der Waals surface area contributed by atoms with Gasteiger partial charge in [-0.25, -0.2) is 4.98 Å². The van der Waals surface area contributed by atoms with Crippen LogP contribution in [0, 0.1) is 0 Å². The molecule has 0 radical (unpaired) electrons. The van der Waals surface area contributed by atoms with Crippen molar-refractivity contribution in [1.82, 2.24) is 19.8 Å². The second kappa shape index (κ2) is 6.89. The van der Waals surface area contributed by atoms with Gasteiger partial charge in [0.15, 0.2) is 0 Å². The molecule has 1 saturated heterocycles. The molecule has 1 fully saturated rings. The third-order valence-corrected chi connectivity index (χ3v) is 4.02. The van der Waals surface area contributed by atoms with E-state index in [1.807, 2.05) is 29.9 Å². The Morgan fingerprint density at radius 1 is 1.41 bits per heavy atom. The molecular weight excluding hydrogens is 280 g/mol. The zero-order valence-corrected chi connectivity index (χ0v) is 12.9. The van der Waals surface area contributed by atoms with Crippen LogP contribution in [0.4, 0.5) is 0 Å². The molecule has 6 nitrogen and oxygen atoms in total. The first kappa shape index (κ1) is 15.0. The lowest BCUT2D eigenvalue weighted by Crippen LogP contribution is -2.38. The molecule has 1 amide bonds. The summed E-state index contributed by atoms with van der Waals surface area (Å²) in [7, 11) is 1.91. The monoisotopic (exact) mass is 302 g/mol. The van der Waals surface area contributed by atoms with Crippen LogP contribution in [0.25, 0.3) is 11.0 Å². The highest BCUT2D eigenvalue weighted by atomic mass is 16.5. The van der Waals surface area contributed by atoms with Crippen LogP contribution in [0.2, 0.25) is 0 Å². The molecule has 1 N–H and O–H groups in total. The average molecular weight is 302 g/mol.